The van der Waals surface area contributed by atoms with Crippen LogP contribution in [0.25, 0.3) is 0 Å². The van der Waals surface area contributed by atoms with E-state index in [2.05, 4.69) is 4.99 Å². The van der Waals surface area contributed by atoms with Gasteiger partial charge in [0.25, 0.3) is 0 Å². The van der Waals surface area contributed by atoms with Gasteiger partial charge in [0.15, 0.2) is 11.5 Å². The van der Waals surface area contributed by atoms with E-state index >= 15 is 0 Å². The van der Waals surface area contributed by atoms with Crippen molar-refractivity contribution in [3.8, 4) is 17.2 Å². The summed E-state index contributed by atoms with van der Waals surface area (Å²) in [5.41, 5.74) is 0.158. The molecule has 1 aromatic rings. The van der Waals surface area contributed by atoms with Crippen molar-refractivity contribution < 1.29 is 23.8 Å². The molecule has 0 aliphatic carbocycles. The van der Waals surface area contributed by atoms with E-state index < -0.39 is 11.6 Å². The second-order valence-corrected chi connectivity index (χ2v) is 3.13. The van der Waals surface area contributed by atoms with Crippen LogP contribution in [0.4, 0.5) is 4.39 Å². The summed E-state index contributed by atoms with van der Waals surface area (Å²) in [6.07, 6.45) is 1.31. The van der Waals surface area contributed by atoms with Gasteiger partial charge in [-0.1, -0.05) is 0 Å². The van der Waals surface area contributed by atoms with Crippen LogP contribution in [0.2, 0.25) is 0 Å². The van der Waals surface area contributed by atoms with Gasteiger partial charge >= 0.3 is 0 Å². The van der Waals surface area contributed by atoms with E-state index in [0.717, 1.165) is 0 Å². The van der Waals surface area contributed by atoms with E-state index in [4.69, 9.17) is 9.47 Å². The molecular weight excluding hydrogens is 217 g/mol. The van der Waals surface area contributed by atoms with Crippen LogP contribution in [0.15, 0.2) is 11.1 Å². The molecule has 5 nitrogen and oxygen atoms in total. The molecule has 0 aromatic heterocycles. The lowest BCUT2D eigenvalue weighted by molar-refractivity contribution is 0.162. The Labute approximate surface area is 90.1 Å². The number of aromatic hydroxyl groups is 1. The average molecular weight is 225 g/mol. The molecule has 0 fully saturated rings. The van der Waals surface area contributed by atoms with E-state index in [-0.39, 0.29) is 30.2 Å². The topological polar surface area (TPSA) is 68.1 Å². The van der Waals surface area contributed by atoms with Gasteiger partial charge in [-0.05, 0) is 6.07 Å². The highest BCUT2D eigenvalue weighted by Gasteiger charge is 2.22. The number of rotatable bonds is 2. The third-order valence-electron chi connectivity index (χ3n) is 2.14. The summed E-state index contributed by atoms with van der Waals surface area (Å²) in [4.78, 5) is 13.2. The number of hydrogen-bond donors (Lipinski definition) is 1. The predicted octanol–water partition coefficient (Wildman–Crippen LogP) is 1.14. The van der Waals surface area contributed by atoms with Gasteiger partial charge in [0.1, 0.15) is 13.2 Å². The largest absolute Gasteiger partial charge is 0.504 e. The van der Waals surface area contributed by atoms with Gasteiger partial charge in [0.2, 0.25) is 17.6 Å². The molecule has 1 aliphatic heterocycles. The number of fused-ring (bicyclic) bond motifs is 1. The third-order valence-corrected chi connectivity index (χ3v) is 2.14. The SMILES string of the molecule is O=C=NCc1cc2c(c(F)c1O)OCCO2. The van der Waals surface area contributed by atoms with Crippen LogP contribution in [-0.4, -0.2) is 24.4 Å². The first kappa shape index (κ1) is 10.4. The van der Waals surface area contributed by atoms with E-state index in [0.29, 0.717) is 6.61 Å². The van der Waals surface area contributed by atoms with Gasteiger partial charge in [-0.15, -0.1) is 0 Å². The molecule has 16 heavy (non-hydrogen) atoms. The Bertz CT molecular complexity index is 468. The lowest BCUT2D eigenvalue weighted by Gasteiger charge is -2.20. The van der Waals surface area contributed by atoms with Crippen molar-refractivity contribution in [3.63, 3.8) is 0 Å². The Morgan fingerprint density at radius 2 is 2.25 bits per heavy atom. The van der Waals surface area contributed by atoms with Crippen molar-refractivity contribution in [2.75, 3.05) is 13.2 Å². The van der Waals surface area contributed by atoms with E-state index in [1.54, 1.807) is 0 Å². The van der Waals surface area contributed by atoms with Crippen molar-refractivity contribution in [3.05, 3.63) is 17.4 Å². The lowest BCUT2D eigenvalue weighted by Crippen LogP contribution is -2.16. The highest BCUT2D eigenvalue weighted by Crippen LogP contribution is 2.40. The van der Waals surface area contributed by atoms with Crippen molar-refractivity contribution >= 4 is 6.08 Å². The molecular formula is C10H8FNO4. The fraction of sp³-hybridized carbons (Fsp3) is 0.300. The van der Waals surface area contributed by atoms with Crippen LogP contribution in [0, 0.1) is 5.82 Å². The molecule has 0 spiro atoms. The minimum Gasteiger partial charge on any atom is -0.504 e. The summed E-state index contributed by atoms with van der Waals surface area (Å²) < 4.78 is 23.8. The van der Waals surface area contributed by atoms with Crippen LogP contribution < -0.4 is 9.47 Å². The molecule has 6 heteroatoms. The molecule has 1 heterocycles. The third kappa shape index (κ3) is 1.70. The number of isocyanates is 1. The van der Waals surface area contributed by atoms with Crippen LogP contribution in [0.1, 0.15) is 5.56 Å². The molecule has 84 valence electrons. The van der Waals surface area contributed by atoms with Gasteiger partial charge in [-0.2, -0.15) is 4.39 Å². The second kappa shape index (κ2) is 4.20. The van der Waals surface area contributed by atoms with E-state index in [9.17, 15) is 14.3 Å². The first-order valence-corrected chi connectivity index (χ1v) is 4.57. The fourth-order valence-corrected chi connectivity index (χ4v) is 1.42. The maximum atomic E-state index is 13.6. The monoisotopic (exact) mass is 225 g/mol. The molecule has 1 aromatic carbocycles. The fourth-order valence-electron chi connectivity index (χ4n) is 1.42. The van der Waals surface area contributed by atoms with Crippen molar-refractivity contribution in [1.82, 2.24) is 0 Å². The molecule has 2 rings (SSSR count). The number of nitrogens with zero attached hydrogens (tertiary/aromatic N) is 1. The zero-order valence-corrected chi connectivity index (χ0v) is 8.20. The summed E-state index contributed by atoms with van der Waals surface area (Å²) in [7, 11) is 0. The standard InChI is InChI=1S/C10H8FNO4/c11-8-9(14)6(4-12-5-13)3-7-10(8)16-2-1-15-7/h3,14H,1-2,4H2. The number of halogens is 1. The molecule has 0 saturated heterocycles. The predicted molar refractivity (Wildman–Crippen MR) is 50.9 cm³/mol. The van der Waals surface area contributed by atoms with Crippen LogP contribution in [0.3, 0.4) is 0 Å². The van der Waals surface area contributed by atoms with Gasteiger partial charge in [0.05, 0.1) is 6.54 Å². The number of carbonyl (C=O) groups excluding carboxylic acids is 1. The smallest absolute Gasteiger partial charge is 0.235 e. The molecule has 0 bridgehead atoms. The Balaban J connectivity index is 2.47. The summed E-state index contributed by atoms with van der Waals surface area (Å²) in [6, 6.07) is 1.40. The van der Waals surface area contributed by atoms with Gasteiger partial charge in [-0.3, -0.25) is 0 Å². The molecule has 0 saturated carbocycles. The lowest BCUT2D eigenvalue weighted by atomic mass is 10.1. The molecule has 0 radical (unpaired) electrons. The number of benzene rings is 1. The Kier molecular flexibility index (Phi) is 2.74. The summed E-state index contributed by atoms with van der Waals surface area (Å²) in [6.45, 7) is 0.395. The van der Waals surface area contributed by atoms with Gasteiger partial charge in [-0.25, -0.2) is 9.79 Å². The normalized spacial score (nSPS) is 13.1. The minimum absolute atomic E-state index is 0.109. The maximum Gasteiger partial charge on any atom is 0.235 e. The van der Waals surface area contributed by atoms with Gasteiger partial charge < -0.3 is 14.6 Å². The minimum atomic E-state index is -0.895. The molecule has 0 amide bonds. The van der Waals surface area contributed by atoms with Crippen molar-refractivity contribution in [1.29, 1.82) is 0 Å². The molecule has 1 aliphatic rings. The number of hydrogen-bond acceptors (Lipinski definition) is 5. The van der Waals surface area contributed by atoms with Crippen molar-refractivity contribution in [2.24, 2.45) is 4.99 Å². The van der Waals surface area contributed by atoms with Gasteiger partial charge in [0, 0.05) is 5.56 Å². The number of phenolic OH excluding ortho intramolecular Hbond substituents is 1. The van der Waals surface area contributed by atoms with E-state index in [1.807, 2.05) is 0 Å². The second-order valence-electron chi connectivity index (χ2n) is 3.13. The molecule has 0 unspecified atom stereocenters. The number of phenols is 1. The average Bonchev–Trinajstić information content (AvgIpc) is 2.32. The van der Waals surface area contributed by atoms with E-state index in [1.165, 1.54) is 12.1 Å². The quantitative estimate of drug-likeness (QED) is 0.605. The molecule has 1 N–H and O–H groups in total. The van der Waals surface area contributed by atoms with Crippen LogP contribution in [0.5, 0.6) is 17.2 Å². The Morgan fingerprint density at radius 3 is 3.00 bits per heavy atom. The zero-order chi connectivity index (χ0) is 11.5. The Hall–Kier alpha value is -2.07. The molecule has 0 atom stereocenters. The number of aliphatic imine (C=N–C) groups is 1. The van der Waals surface area contributed by atoms with Crippen molar-refractivity contribution in [2.45, 2.75) is 6.54 Å². The summed E-state index contributed by atoms with van der Waals surface area (Å²) in [5.74, 6) is -1.38. The highest BCUT2D eigenvalue weighted by atomic mass is 19.1. The number of ether oxygens (including phenoxy) is 2. The summed E-state index contributed by atoms with van der Waals surface area (Å²) >= 11 is 0. The highest BCUT2D eigenvalue weighted by molar-refractivity contribution is 5.52. The first-order chi connectivity index (χ1) is 7.74. The van der Waals surface area contributed by atoms with Crippen LogP contribution >= 0.6 is 0 Å². The maximum absolute atomic E-state index is 13.6. The first-order valence-electron chi connectivity index (χ1n) is 4.57. The Morgan fingerprint density at radius 1 is 1.50 bits per heavy atom. The summed E-state index contributed by atoms with van der Waals surface area (Å²) in [5, 5.41) is 9.48. The zero-order valence-electron chi connectivity index (χ0n) is 8.20. The van der Waals surface area contributed by atoms with Crippen LogP contribution in [-0.2, 0) is 11.3 Å².